The minimum absolute atomic E-state index is 0.00754. The van der Waals surface area contributed by atoms with Crippen molar-refractivity contribution in [2.75, 3.05) is 7.11 Å². The minimum Gasteiger partial charge on any atom is -0.497 e. The van der Waals surface area contributed by atoms with E-state index in [1.165, 1.54) is 6.07 Å². The predicted octanol–water partition coefficient (Wildman–Crippen LogP) is 6.41. The van der Waals surface area contributed by atoms with Crippen LogP contribution in [0.3, 0.4) is 0 Å². The molecule has 0 fully saturated rings. The third kappa shape index (κ3) is 6.08. The molecule has 1 unspecified atom stereocenters. The molecule has 1 atom stereocenters. The number of amides is 3. The van der Waals surface area contributed by atoms with Crippen LogP contribution < -0.4 is 20.1 Å². The second kappa shape index (κ2) is 11.5. The normalized spacial score (nSPS) is 14.2. The molecule has 0 spiro atoms. The second-order valence-corrected chi connectivity index (χ2v) is 11.6. The van der Waals surface area contributed by atoms with Gasteiger partial charge in [0.2, 0.25) is 11.8 Å². The van der Waals surface area contributed by atoms with Gasteiger partial charge in [0.1, 0.15) is 5.75 Å². The lowest BCUT2D eigenvalue weighted by molar-refractivity contribution is -0.128. The van der Waals surface area contributed by atoms with Crippen molar-refractivity contribution in [2.45, 2.75) is 45.8 Å². The predicted molar refractivity (Wildman–Crippen MR) is 160 cm³/mol. The summed E-state index contributed by atoms with van der Waals surface area (Å²) in [6, 6.07) is 22.1. The number of benzene rings is 3. The van der Waals surface area contributed by atoms with Crippen LogP contribution in [0.2, 0.25) is 0 Å². The first kappa shape index (κ1) is 29.7. The highest BCUT2D eigenvalue weighted by molar-refractivity contribution is 5.98. The summed E-state index contributed by atoms with van der Waals surface area (Å²) in [7, 11) is 1.57. The molecule has 1 aliphatic rings. The summed E-state index contributed by atoms with van der Waals surface area (Å²) in [4.78, 5) is 31.0. The van der Waals surface area contributed by atoms with E-state index in [4.69, 9.17) is 14.5 Å². The zero-order valence-corrected chi connectivity index (χ0v) is 24.7. The van der Waals surface area contributed by atoms with Gasteiger partial charge in [0.25, 0.3) is 0 Å². The van der Waals surface area contributed by atoms with E-state index in [2.05, 4.69) is 10.6 Å². The van der Waals surface area contributed by atoms with Gasteiger partial charge in [-0.05, 0) is 49.2 Å². The Bertz CT molecular complexity index is 1660. The molecule has 9 heteroatoms. The van der Waals surface area contributed by atoms with Crippen molar-refractivity contribution in [3.05, 3.63) is 107 Å². The van der Waals surface area contributed by atoms with Crippen LogP contribution in [-0.2, 0) is 16.9 Å². The van der Waals surface area contributed by atoms with Crippen LogP contribution in [0.25, 0.3) is 11.3 Å². The number of nitrogens with one attached hydrogen (secondary N) is 2. The van der Waals surface area contributed by atoms with Gasteiger partial charge in [-0.15, -0.1) is 0 Å². The van der Waals surface area contributed by atoms with Crippen molar-refractivity contribution in [3.8, 4) is 28.6 Å². The SMILES string of the molecule is COc1ccc(CNC(=O)NC(=O)C(C)(C)C2c3ccc(-c4ccc(C(C)(C)O)cc4)nc3Oc3c(F)cccc32)cc1. The van der Waals surface area contributed by atoms with E-state index in [1.54, 1.807) is 59.1 Å². The third-order valence-corrected chi connectivity index (χ3v) is 7.74. The van der Waals surface area contributed by atoms with E-state index in [0.717, 1.165) is 16.7 Å². The molecular weight excluding hydrogens is 549 g/mol. The number of pyridine rings is 1. The largest absolute Gasteiger partial charge is 0.497 e. The lowest BCUT2D eigenvalue weighted by Gasteiger charge is -2.37. The molecule has 3 aromatic carbocycles. The highest BCUT2D eigenvalue weighted by Crippen LogP contribution is 2.52. The summed E-state index contributed by atoms with van der Waals surface area (Å²) < 4.78 is 26.2. The summed E-state index contributed by atoms with van der Waals surface area (Å²) in [5.74, 6) is -0.926. The van der Waals surface area contributed by atoms with Gasteiger partial charge < -0.3 is 19.9 Å². The molecule has 0 saturated heterocycles. The number of methoxy groups -OCH3 is 1. The average Bonchev–Trinajstić information content (AvgIpc) is 2.98. The van der Waals surface area contributed by atoms with Gasteiger partial charge in [0.15, 0.2) is 11.6 Å². The van der Waals surface area contributed by atoms with Crippen molar-refractivity contribution in [1.82, 2.24) is 15.6 Å². The molecule has 3 amide bonds. The van der Waals surface area contributed by atoms with Crippen molar-refractivity contribution in [1.29, 1.82) is 0 Å². The number of rotatable bonds is 7. The minimum atomic E-state index is -1.21. The number of hydrogen-bond donors (Lipinski definition) is 3. The van der Waals surface area contributed by atoms with Gasteiger partial charge in [-0.1, -0.05) is 68.4 Å². The molecule has 1 aliphatic heterocycles. The number of fused-ring (bicyclic) bond motifs is 2. The average molecular weight is 584 g/mol. The van der Waals surface area contributed by atoms with Gasteiger partial charge in [0.05, 0.1) is 23.8 Å². The second-order valence-electron chi connectivity index (χ2n) is 11.6. The maximum Gasteiger partial charge on any atom is 0.321 e. The van der Waals surface area contributed by atoms with Gasteiger partial charge in [-0.2, -0.15) is 0 Å². The standard InChI is InChI=1S/C34H34FN3O5/c1-33(2,31(39)38-32(40)36-19-20-9-15-23(42-5)16-10-20)28-24-7-6-8-26(35)29(24)43-30-25(28)17-18-27(37-30)21-11-13-22(14-12-21)34(3,4)41/h6-18,28,41H,19H2,1-5H3,(H2,36,38,39,40). The van der Waals surface area contributed by atoms with E-state index in [-0.39, 0.29) is 18.2 Å². The number of hydrogen-bond acceptors (Lipinski definition) is 6. The van der Waals surface area contributed by atoms with Crippen LogP contribution >= 0.6 is 0 Å². The van der Waals surface area contributed by atoms with E-state index < -0.39 is 34.7 Å². The number of nitrogens with zero attached hydrogens (tertiary/aromatic N) is 1. The summed E-state index contributed by atoms with van der Waals surface area (Å²) >= 11 is 0. The Morgan fingerprint density at radius 3 is 2.30 bits per heavy atom. The van der Waals surface area contributed by atoms with Gasteiger partial charge >= 0.3 is 6.03 Å². The van der Waals surface area contributed by atoms with Crippen LogP contribution in [0.15, 0.2) is 78.9 Å². The van der Waals surface area contributed by atoms with Crippen molar-refractivity contribution >= 4 is 11.9 Å². The highest BCUT2D eigenvalue weighted by Gasteiger charge is 2.45. The smallest absolute Gasteiger partial charge is 0.321 e. The summed E-state index contributed by atoms with van der Waals surface area (Å²) in [5.41, 5.74) is 1.82. The Balaban J connectivity index is 1.42. The highest BCUT2D eigenvalue weighted by atomic mass is 19.1. The quantitative estimate of drug-likeness (QED) is 0.232. The Kier molecular flexibility index (Phi) is 7.94. The van der Waals surface area contributed by atoms with Gasteiger partial charge in [-0.25, -0.2) is 14.2 Å². The van der Waals surface area contributed by atoms with E-state index in [0.29, 0.717) is 22.6 Å². The van der Waals surface area contributed by atoms with Gasteiger partial charge in [0, 0.05) is 29.2 Å². The van der Waals surface area contributed by atoms with Crippen LogP contribution in [0.5, 0.6) is 17.4 Å². The zero-order valence-electron chi connectivity index (χ0n) is 24.7. The van der Waals surface area contributed by atoms with Gasteiger partial charge in [-0.3, -0.25) is 10.1 Å². The molecule has 4 aromatic rings. The lowest BCUT2D eigenvalue weighted by atomic mass is 9.69. The number of carbonyl (C=O) groups excluding carboxylic acids is 2. The number of carbonyl (C=O) groups is 2. The van der Waals surface area contributed by atoms with Crippen molar-refractivity contribution < 1.29 is 28.6 Å². The Morgan fingerprint density at radius 1 is 0.953 bits per heavy atom. The number of para-hydroxylation sites is 1. The molecule has 8 nitrogen and oxygen atoms in total. The lowest BCUT2D eigenvalue weighted by Crippen LogP contribution is -2.48. The monoisotopic (exact) mass is 583 g/mol. The number of ether oxygens (including phenoxy) is 2. The molecule has 0 aliphatic carbocycles. The number of urea groups is 1. The Morgan fingerprint density at radius 2 is 1.65 bits per heavy atom. The van der Waals surface area contributed by atoms with E-state index >= 15 is 4.39 Å². The number of aromatic nitrogens is 1. The molecule has 3 N–H and O–H groups in total. The maximum absolute atomic E-state index is 15.1. The number of aliphatic hydroxyl groups is 1. The van der Waals surface area contributed by atoms with Crippen molar-refractivity contribution in [3.63, 3.8) is 0 Å². The maximum atomic E-state index is 15.1. The fourth-order valence-electron chi connectivity index (χ4n) is 5.23. The molecule has 5 rings (SSSR count). The molecule has 2 heterocycles. The molecule has 0 radical (unpaired) electrons. The van der Waals surface area contributed by atoms with E-state index in [9.17, 15) is 14.7 Å². The van der Waals surface area contributed by atoms with E-state index in [1.807, 2.05) is 48.5 Å². The fraction of sp³-hybridized carbons (Fsp3) is 0.265. The molecular formula is C34H34FN3O5. The van der Waals surface area contributed by atoms with Crippen molar-refractivity contribution in [2.24, 2.45) is 5.41 Å². The summed E-state index contributed by atoms with van der Waals surface area (Å²) in [5, 5.41) is 15.5. The first-order chi connectivity index (χ1) is 20.4. The third-order valence-electron chi connectivity index (χ3n) is 7.74. The van der Waals surface area contributed by atoms with Crippen LogP contribution in [0.1, 0.15) is 55.9 Å². The molecule has 0 saturated carbocycles. The van der Waals surface area contributed by atoms with Crippen LogP contribution in [0.4, 0.5) is 9.18 Å². The summed E-state index contributed by atoms with van der Waals surface area (Å²) in [6.45, 7) is 7.04. The Labute approximate surface area is 249 Å². The molecule has 1 aromatic heterocycles. The molecule has 0 bridgehead atoms. The number of halogens is 1. The topological polar surface area (TPSA) is 110 Å². The van der Waals surface area contributed by atoms with Crippen LogP contribution in [0, 0.1) is 11.2 Å². The first-order valence-electron chi connectivity index (χ1n) is 13.9. The zero-order chi connectivity index (χ0) is 30.9. The Hall–Kier alpha value is -4.76. The summed E-state index contributed by atoms with van der Waals surface area (Å²) in [6.07, 6.45) is 0. The van der Waals surface area contributed by atoms with Crippen LogP contribution in [-0.4, -0.2) is 29.1 Å². The fourth-order valence-corrected chi connectivity index (χ4v) is 5.23. The first-order valence-corrected chi connectivity index (χ1v) is 13.9. The number of imide groups is 1. The molecule has 222 valence electrons. The molecule has 43 heavy (non-hydrogen) atoms.